The normalized spacial score (nSPS) is 14.7. The molecule has 3 rings (SSSR count). The average molecular weight is 301 g/mol. The lowest BCUT2D eigenvalue weighted by molar-refractivity contribution is 0.101. The molecule has 2 aromatic rings. The minimum atomic E-state index is -0.729. The summed E-state index contributed by atoms with van der Waals surface area (Å²) in [5.41, 5.74) is 0.349. The standard InChI is InChI=1S/C15H16FN5O/c16-12-10-18-15(21-8-6-17-7-9-21)20-13(12)14(22)19-11-4-2-1-3-5-11/h1-5,10,17H,6-9H2,(H,19,22). The van der Waals surface area contributed by atoms with Crippen molar-refractivity contribution >= 4 is 17.5 Å². The molecule has 114 valence electrons. The summed E-state index contributed by atoms with van der Waals surface area (Å²) in [6.45, 7) is 3.08. The van der Waals surface area contributed by atoms with Crippen molar-refractivity contribution in [2.45, 2.75) is 0 Å². The van der Waals surface area contributed by atoms with Gasteiger partial charge in [0.1, 0.15) is 0 Å². The van der Waals surface area contributed by atoms with Crippen LogP contribution in [0.1, 0.15) is 10.5 Å². The van der Waals surface area contributed by atoms with Crippen molar-refractivity contribution in [2.24, 2.45) is 0 Å². The van der Waals surface area contributed by atoms with E-state index in [0.29, 0.717) is 11.6 Å². The maximum atomic E-state index is 13.9. The molecule has 0 spiro atoms. The molecule has 7 heteroatoms. The monoisotopic (exact) mass is 301 g/mol. The first kappa shape index (κ1) is 14.4. The van der Waals surface area contributed by atoms with E-state index < -0.39 is 11.7 Å². The number of rotatable bonds is 3. The number of hydrogen-bond acceptors (Lipinski definition) is 5. The molecule has 1 saturated heterocycles. The second-order valence-electron chi connectivity index (χ2n) is 4.92. The first-order chi connectivity index (χ1) is 10.7. The topological polar surface area (TPSA) is 70.2 Å². The average Bonchev–Trinajstić information content (AvgIpc) is 2.57. The van der Waals surface area contributed by atoms with E-state index in [4.69, 9.17) is 0 Å². The van der Waals surface area contributed by atoms with Crippen molar-refractivity contribution in [1.29, 1.82) is 0 Å². The van der Waals surface area contributed by atoms with Crippen LogP contribution in [-0.2, 0) is 0 Å². The van der Waals surface area contributed by atoms with Crippen LogP contribution in [0.2, 0.25) is 0 Å². The van der Waals surface area contributed by atoms with Gasteiger partial charge in [-0.2, -0.15) is 0 Å². The summed E-state index contributed by atoms with van der Waals surface area (Å²) in [5, 5.41) is 5.84. The summed E-state index contributed by atoms with van der Waals surface area (Å²) >= 11 is 0. The highest BCUT2D eigenvalue weighted by Crippen LogP contribution is 2.14. The number of halogens is 1. The Morgan fingerprint density at radius 2 is 1.95 bits per heavy atom. The summed E-state index contributed by atoms with van der Waals surface area (Å²) < 4.78 is 13.9. The smallest absolute Gasteiger partial charge is 0.277 e. The fourth-order valence-electron chi connectivity index (χ4n) is 2.25. The van der Waals surface area contributed by atoms with E-state index in [1.54, 1.807) is 24.3 Å². The molecule has 2 heterocycles. The van der Waals surface area contributed by atoms with Crippen molar-refractivity contribution < 1.29 is 9.18 Å². The molecule has 1 fully saturated rings. The number of amides is 1. The van der Waals surface area contributed by atoms with Crippen molar-refractivity contribution in [3.63, 3.8) is 0 Å². The van der Waals surface area contributed by atoms with Gasteiger partial charge < -0.3 is 15.5 Å². The molecule has 0 atom stereocenters. The molecule has 0 unspecified atom stereocenters. The van der Waals surface area contributed by atoms with E-state index in [9.17, 15) is 9.18 Å². The lowest BCUT2D eigenvalue weighted by atomic mass is 10.3. The van der Waals surface area contributed by atoms with Gasteiger partial charge in [-0.05, 0) is 12.1 Å². The molecular formula is C15H16FN5O. The molecule has 0 saturated carbocycles. The molecule has 2 N–H and O–H groups in total. The van der Waals surface area contributed by atoms with Crippen LogP contribution in [0.25, 0.3) is 0 Å². The summed E-state index contributed by atoms with van der Waals surface area (Å²) in [7, 11) is 0. The SMILES string of the molecule is O=C(Nc1ccccc1)c1nc(N2CCNCC2)ncc1F. The number of benzene rings is 1. The predicted octanol–water partition coefficient (Wildman–Crippen LogP) is 1.28. The number of nitrogens with zero attached hydrogens (tertiary/aromatic N) is 3. The van der Waals surface area contributed by atoms with Crippen molar-refractivity contribution in [1.82, 2.24) is 15.3 Å². The highest BCUT2D eigenvalue weighted by atomic mass is 19.1. The molecular weight excluding hydrogens is 285 g/mol. The van der Waals surface area contributed by atoms with Crippen molar-refractivity contribution in [3.05, 3.63) is 48.0 Å². The third kappa shape index (κ3) is 3.20. The van der Waals surface area contributed by atoms with Crippen LogP contribution in [0, 0.1) is 5.82 Å². The minimum absolute atomic E-state index is 0.243. The summed E-state index contributed by atoms with van der Waals surface area (Å²) in [4.78, 5) is 22.2. The van der Waals surface area contributed by atoms with E-state index in [1.165, 1.54) is 0 Å². The Hall–Kier alpha value is -2.54. The van der Waals surface area contributed by atoms with Crippen molar-refractivity contribution in [3.8, 4) is 0 Å². The maximum Gasteiger partial charge on any atom is 0.277 e. The quantitative estimate of drug-likeness (QED) is 0.893. The molecule has 1 aliphatic rings. The molecule has 6 nitrogen and oxygen atoms in total. The van der Waals surface area contributed by atoms with Gasteiger partial charge in [0.15, 0.2) is 11.5 Å². The lowest BCUT2D eigenvalue weighted by Crippen LogP contribution is -2.44. The van der Waals surface area contributed by atoms with Gasteiger partial charge in [0.05, 0.1) is 6.20 Å². The van der Waals surface area contributed by atoms with Crippen LogP contribution in [0.5, 0.6) is 0 Å². The summed E-state index contributed by atoms with van der Waals surface area (Å²) in [6.07, 6.45) is 1.05. The van der Waals surface area contributed by atoms with Gasteiger partial charge in [-0.15, -0.1) is 0 Å². The highest BCUT2D eigenvalue weighted by Gasteiger charge is 2.19. The van der Waals surface area contributed by atoms with Gasteiger partial charge in [-0.25, -0.2) is 14.4 Å². The fourth-order valence-corrected chi connectivity index (χ4v) is 2.25. The number of carbonyl (C=O) groups is 1. The zero-order valence-corrected chi connectivity index (χ0v) is 11.9. The zero-order valence-electron chi connectivity index (χ0n) is 11.9. The molecule has 22 heavy (non-hydrogen) atoms. The van der Waals surface area contributed by atoms with E-state index in [1.807, 2.05) is 11.0 Å². The Kier molecular flexibility index (Phi) is 4.24. The third-order valence-electron chi connectivity index (χ3n) is 3.38. The number of carbonyl (C=O) groups excluding carboxylic acids is 1. The van der Waals surface area contributed by atoms with Crippen LogP contribution in [0.15, 0.2) is 36.5 Å². The number of para-hydroxylation sites is 1. The second kappa shape index (κ2) is 6.48. The van der Waals surface area contributed by atoms with Gasteiger partial charge >= 0.3 is 0 Å². The molecule has 1 aromatic carbocycles. The Labute approximate surface area is 127 Å². The lowest BCUT2D eigenvalue weighted by Gasteiger charge is -2.27. The first-order valence-corrected chi connectivity index (χ1v) is 7.08. The van der Waals surface area contributed by atoms with Gasteiger partial charge in [-0.3, -0.25) is 4.79 Å². The highest BCUT2D eigenvalue weighted by molar-refractivity contribution is 6.03. The number of hydrogen-bond donors (Lipinski definition) is 2. The van der Waals surface area contributed by atoms with E-state index in [2.05, 4.69) is 20.6 Å². The van der Waals surface area contributed by atoms with E-state index in [0.717, 1.165) is 32.4 Å². The van der Waals surface area contributed by atoms with E-state index >= 15 is 0 Å². The predicted molar refractivity (Wildman–Crippen MR) is 81.5 cm³/mol. The number of aromatic nitrogens is 2. The van der Waals surface area contributed by atoms with Crippen LogP contribution < -0.4 is 15.5 Å². The van der Waals surface area contributed by atoms with Gasteiger partial charge in [0, 0.05) is 31.9 Å². The largest absolute Gasteiger partial charge is 0.338 e. The Bertz CT molecular complexity index is 658. The van der Waals surface area contributed by atoms with Crippen molar-refractivity contribution in [2.75, 3.05) is 36.4 Å². The van der Waals surface area contributed by atoms with Crippen LogP contribution in [0.3, 0.4) is 0 Å². The Morgan fingerprint density at radius 3 is 2.68 bits per heavy atom. The molecule has 1 amide bonds. The zero-order chi connectivity index (χ0) is 15.4. The molecule has 1 aromatic heterocycles. The van der Waals surface area contributed by atoms with Gasteiger partial charge in [-0.1, -0.05) is 18.2 Å². The molecule has 1 aliphatic heterocycles. The summed E-state index contributed by atoms with van der Waals surface area (Å²) in [5.74, 6) is -0.934. The molecule has 0 bridgehead atoms. The number of anilines is 2. The van der Waals surface area contributed by atoms with E-state index in [-0.39, 0.29) is 5.69 Å². The number of nitrogens with one attached hydrogen (secondary N) is 2. The fraction of sp³-hybridized carbons (Fsp3) is 0.267. The van der Waals surface area contributed by atoms with Crippen LogP contribution >= 0.6 is 0 Å². The number of piperazine rings is 1. The van der Waals surface area contributed by atoms with Crippen LogP contribution in [0.4, 0.5) is 16.0 Å². The van der Waals surface area contributed by atoms with Crippen LogP contribution in [-0.4, -0.2) is 42.1 Å². The van der Waals surface area contributed by atoms with Gasteiger partial charge in [0.2, 0.25) is 5.95 Å². The Morgan fingerprint density at radius 1 is 1.23 bits per heavy atom. The molecule has 0 radical (unpaired) electrons. The first-order valence-electron chi connectivity index (χ1n) is 7.08. The maximum absolute atomic E-state index is 13.9. The third-order valence-corrected chi connectivity index (χ3v) is 3.38. The minimum Gasteiger partial charge on any atom is -0.338 e. The molecule has 0 aliphatic carbocycles. The summed E-state index contributed by atoms with van der Waals surface area (Å²) in [6, 6.07) is 8.88. The second-order valence-corrected chi connectivity index (χ2v) is 4.92. The van der Waals surface area contributed by atoms with Gasteiger partial charge in [0.25, 0.3) is 5.91 Å². The Balaban J connectivity index is 1.81.